The van der Waals surface area contributed by atoms with E-state index in [-0.39, 0.29) is 12.2 Å². The lowest BCUT2D eigenvalue weighted by molar-refractivity contribution is 0.305. The molecule has 0 saturated heterocycles. The summed E-state index contributed by atoms with van der Waals surface area (Å²) in [6, 6.07) is 3.79. The van der Waals surface area contributed by atoms with Crippen molar-refractivity contribution < 1.29 is 5.11 Å². The molecule has 0 radical (unpaired) electrons. The third-order valence-corrected chi connectivity index (χ3v) is 3.61. The van der Waals surface area contributed by atoms with Crippen molar-refractivity contribution >= 4 is 11.3 Å². The van der Waals surface area contributed by atoms with E-state index in [9.17, 15) is 9.59 Å². The number of H-pyrrole nitrogens is 1. The van der Waals surface area contributed by atoms with Crippen LogP contribution in [0.25, 0.3) is 0 Å². The van der Waals surface area contributed by atoms with Crippen LogP contribution in [0.5, 0.6) is 0 Å². The standard InChI is InChI=1S/C14H14N2O3S/c1-10-8-16(14(19)15-13(10)18)9-12-6-5-11(20-12)4-2-3-7-17/h5-6,8,17H,3,7,9H2,1H3,(H,15,18,19). The van der Waals surface area contributed by atoms with Gasteiger partial charge in [0.05, 0.1) is 18.0 Å². The molecule has 0 unspecified atom stereocenters. The molecule has 0 aliphatic heterocycles. The van der Waals surface area contributed by atoms with Crippen molar-refractivity contribution in [2.24, 2.45) is 0 Å². The van der Waals surface area contributed by atoms with Gasteiger partial charge in [0, 0.05) is 23.1 Å². The SMILES string of the molecule is Cc1cn(Cc2ccc(C#CCCO)s2)c(=O)[nH]c1=O. The third kappa shape index (κ3) is 3.47. The molecule has 104 valence electrons. The summed E-state index contributed by atoms with van der Waals surface area (Å²) in [5.74, 6) is 5.80. The first-order valence-electron chi connectivity index (χ1n) is 6.09. The zero-order chi connectivity index (χ0) is 14.5. The number of aromatic amines is 1. The molecule has 0 saturated carbocycles. The molecule has 5 nitrogen and oxygen atoms in total. The van der Waals surface area contributed by atoms with Crippen molar-refractivity contribution in [2.45, 2.75) is 19.9 Å². The van der Waals surface area contributed by atoms with Gasteiger partial charge in [0.1, 0.15) is 0 Å². The van der Waals surface area contributed by atoms with Crippen molar-refractivity contribution in [2.75, 3.05) is 6.61 Å². The fraction of sp³-hybridized carbons (Fsp3) is 0.286. The lowest BCUT2D eigenvalue weighted by atomic mass is 10.3. The Morgan fingerprint density at radius 2 is 2.20 bits per heavy atom. The molecule has 2 rings (SSSR count). The van der Waals surface area contributed by atoms with Gasteiger partial charge in [-0.05, 0) is 19.1 Å². The molecule has 2 aromatic heterocycles. The third-order valence-electron chi connectivity index (χ3n) is 2.63. The van der Waals surface area contributed by atoms with Crippen LogP contribution in [0.15, 0.2) is 27.9 Å². The molecule has 0 fully saturated rings. The van der Waals surface area contributed by atoms with Gasteiger partial charge in [0.25, 0.3) is 5.56 Å². The second-order valence-corrected chi connectivity index (χ2v) is 5.41. The Morgan fingerprint density at radius 1 is 1.40 bits per heavy atom. The lowest BCUT2D eigenvalue weighted by Gasteiger charge is -2.03. The van der Waals surface area contributed by atoms with E-state index < -0.39 is 5.69 Å². The molecule has 2 N–H and O–H groups in total. The first-order chi connectivity index (χ1) is 9.60. The van der Waals surface area contributed by atoms with E-state index in [1.165, 1.54) is 15.9 Å². The van der Waals surface area contributed by atoms with Gasteiger partial charge < -0.3 is 5.11 Å². The van der Waals surface area contributed by atoms with E-state index in [2.05, 4.69) is 16.8 Å². The molecule has 20 heavy (non-hydrogen) atoms. The molecular weight excluding hydrogens is 276 g/mol. The quantitative estimate of drug-likeness (QED) is 0.817. The van der Waals surface area contributed by atoms with E-state index in [0.717, 1.165) is 9.75 Å². The molecule has 0 aliphatic rings. The predicted octanol–water partition coefficient (Wildman–Crippen LogP) is 0.689. The highest BCUT2D eigenvalue weighted by molar-refractivity contribution is 7.12. The van der Waals surface area contributed by atoms with Crippen LogP contribution in [0.3, 0.4) is 0 Å². The Morgan fingerprint density at radius 3 is 2.95 bits per heavy atom. The highest BCUT2D eigenvalue weighted by atomic mass is 32.1. The van der Waals surface area contributed by atoms with E-state index in [4.69, 9.17) is 5.11 Å². The number of hydrogen-bond acceptors (Lipinski definition) is 4. The van der Waals surface area contributed by atoms with Crippen molar-refractivity contribution in [3.8, 4) is 11.8 Å². The summed E-state index contributed by atoms with van der Waals surface area (Å²) in [4.78, 5) is 27.1. The van der Waals surface area contributed by atoms with Crippen LogP contribution >= 0.6 is 11.3 Å². The lowest BCUT2D eigenvalue weighted by Crippen LogP contribution is -2.30. The Hall–Kier alpha value is -2.10. The molecule has 6 heteroatoms. The Labute approximate surface area is 119 Å². The summed E-state index contributed by atoms with van der Waals surface area (Å²) in [6.45, 7) is 2.12. The van der Waals surface area contributed by atoms with Gasteiger partial charge in [-0.2, -0.15) is 0 Å². The molecule has 0 amide bonds. The van der Waals surface area contributed by atoms with E-state index in [1.54, 1.807) is 13.1 Å². The molecule has 0 atom stereocenters. The Balaban J connectivity index is 2.20. The maximum atomic E-state index is 11.7. The number of nitrogens with one attached hydrogen (secondary N) is 1. The summed E-state index contributed by atoms with van der Waals surface area (Å²) in [5, 5.41) is 8.66. The molecule has 0 bridgehead atoms. The summed E-state index contributed by atoms with van der Waals surface area (Å²) in [5.41, 5.74) is -0.265. The molecule has 0 aromatic carbocycles. The number of nitrogens with zero attached hydrogens (tertiary/aromatic N) is 1. The van der Waals surface area contributed by atoms with Gasteiger partial charge in [0.2, 0.25) is 0 Å². The Kier molecular flexibility index (Phi) is 4.56. The van der Waals surface area contributed by atoms with Crippen LogP contribution in [0.4, 0.5) is 0 Å². The normalized spacial score (nSPS) is 10.1. The average molecular weight is 290 g/mol. The summed E-state index contributed by atoms with van der Waals surface area (Å²) in [6.07, 6.45) is 2.00. The van der Waals surface area contributed by atoms with Crippen molar-refractivity contribution in [3.05, 3.63) is 54.5 Å². The predicted molar refractivity (Wildman–Crippen MR) is 78.1 cm³/mol. The monoisotopic (exact) mass is 290 g/mol. The van der Waals surface area contributed by atoms with Crippen LogP contribution in [0.2, 0.25) is 0 Å². The van der Waals surface area contributed by atoms with Crippen molar-refractivity contribution in [1.82, 2.24) is 9.55 Å². The maximum Gasteiger partial charge on any atom is 0.328 e. The second-order valence-electron chi connectivity index (χ2n) is 4.24. The number of aryl methyl sites for hydroxylation is 1. The summed E-state index contributed by atoms with van der Waals surface area (Å²) < 4.78 is 1.47. The van der Waals surface area contributed by atoms with E-state index >= 15 is 0 Å². The van der Waals surface area contributed by atoms with E-state index in [1.807, 2.05) is 12.1 Å². The highest BCUT2D eigenvalue weighted by Gasteiger charge is 2.04. The minimum atomic E-state index is -0.415. The van der Waals surface area contributed by atoms with Gasteiger partial charge in [-0.15, -0.1) is 11.3 Å². The van der Waals surface area contributed by atoms with Crippen LogP contribution in [-0.2, 0) is 6.54 Å². The van der Waals surface area contributed by atoms with Gasteiger partial charge in [-0.1, -0.05) is 11.8 Å². The van der Waals surface area contributed by atoms with Gasteiger partial charge in [-0.25, -0.2) is 4.79 Å². The van der Waals surface area contributed by atoms with Crippen molar-refractivity contribution in [1.29, 1.82) is 0 Å². The molecule has 0 aliphatic carbocycles. The summed E-state index contributed by atoms with van der Waals surface area (Å²) >= 11 is 1.49. The fourth-order valence-electron chi connectivity index (χ4n) is 1.64. The number of aromatic nitrogens is 2. The zero-order valence-electron chi connectivity index (χ0n) is 11.0. The van der Waals surface area contributed by atoms with Crippen molar-refractivity contribution in [3.63, 3.8) is 0 Å². The van der Waals surface area contributed by atoms with E-state index in [0.29, 0.717) is 18.5 Å². The van der Waals surface area contributed by atoms with Crippen LogP contribution < -0.4 is 11.2 Å². The first kappa shape index (κ1) is 14.3. The second kappa shape index (κ2) is 6.37. The highest BCUT2D eigenvalue weighted by Crippen LogP contribution is 2.16. The topological polar surface area (TPSA) is 75.1 Å². The van der Waals surface area contributed by atoms with Crippen LogP contribution in [0, 0.1) is 18.8 Å². The number of thiophene rings is 1. The number of rotatable bonds is 3. The number of aliphatic hydroxyl groups excluding tert-OH is 1. The first-order valence-corrected chi connectivity index (χ1v) is 6.90. The summed E-state index contributed by atoms with van der Waals surface area (Å²) in [7, 11) is 0. The Bertz CT molecular complexity index is 774. The molecular formula is C14H14N2O3S. The zero-order valence-corrected chi connectivity index (χ0v) is 11.8. The largest absolute Gasteiger partial charge is 0.395 e. The minimum absolute atomic E-state index is 0.0529. The van der Waals surface area contributed by atoms with Crippen LogP contribution in [0.1, 0.15) is 21.7 Å². The minimum Gasteiger partial charge on any atom is -0.395 e. The smallest absolute Gasteiger partial charge is 0.328 e. The molecule has 2 heterocycles. The average Bonchev–Trinajstić information content (AvgIpc) is 2.84. The van der Waals surface area contributed by atoms with Gasteiger partial charge in [0.15, 0.2) is 0 Å². The van der Waals surface area contributed by atoms with Gasteiger partial charge in [-0.3, -0.25) is 14.3 Å². The number of hydrogen-bond donors (Lipinski definition) is 2. The van der Waals surface area contributed by atoms with Gasteiger partial charge >= 0.3 is 5.69 Å². The maximum absolute atomic E-state index is 11.7. The fourth-order valence-corrected chi connectivity index (χ4v) is 2.52. The van der Waals surface area contributed by atoms with Crippen LogP contribution in [-0.4, -0.2) is 21.3 Å². The number of aliphatic hydroxyl groups is 1. The molecule has 0 spiro atoms. The molecule has 2 aromatic rings.